The SMILES string of the molecule is CC(=O)C[N+]1=C(C)c2cccn2CC1. The molecule has 3 nitrogen and oxygen atoms in total. The van der Waals surface area contributed by atoms with E-state index in [4.69, 9.17) is 0 Å². The van der Waals surface area contributed by atoms with Crippen molar-refractivity contribution in [3.63, 3.8) is 0 Å². The smallest absolute Gasteiger partial charge is 0.201 e. The molecule has 0 saturated heterocycles. The third kappa shape index (κ3) is 1.50. The highest BCUT2D eigenvalue weighted by Gasteiger charge is 2.21. The molecule has 0 aromatic carbocycles. The monoisotopic (exact) mass is 191 g/mol. The molecule has 2 rings (SSSR count). The van der Waals surface area contributed by atoms with Gasteiger partial charge in [-0.2, -0.15) is 0 Å². The molecule has 0 aliphatic carbocycles. The summed E-state index contributed by atoms with van der Waals surface area (Å²) in [5, 5.41) is 0. The number of carbonyl (C=O) groups is 1. The number of rotatable bonds is 2. The molecule has 14 heavy (non-hydrogen) atoms. The zero-order chi connectivity index (χ0) is 10.1. The van der Waals surface area contributed by atoms with Crippen LogP contribution in [0.1, 0.15) is 19.5 Å². The van der Waals surface area contributed by atoms with Gasteiger partial charge in [-0.05, 0) is 12.1 Å². The Morgan fingerprint density at radius 3 is 3.14 bits per heavy atom. The topological polar surface area (TPSA) is 25.0 Å². The van der Waals surface area contributed by atoms with E-state index in [1.807, 2.05) is 0 Å². The number of hydrogen-bond acceptors (Lipinski definition) is 1. The van der Waals surface area contributed by atoms with E-state index in [2.05, 4.69) is 34.4 Å². The number of carbonyl (C=O) groups excluding carboxylic acids is 1. The van der Waals surface area contributed by atoms with Crippen LogP contribution < -0.4 is 0 Å². The van der Waals surface area contributed by atoms with Gasteiger partial charge in [0.05, 0.1) is 6.54 Å². The fraction of sp³-hybridized carbons (Fsp3) is 0.455. The van der Waals surface area contributed by atoms with E-state index in [-0.39, 0.29) is 5.78 Å². The largest absolute Gasteiger partial charge is 0.337 e. The van der Waals surface area contributed by atoms with E-state index in [1.165, 1.54) is 11.4 Å². The van der Waals surface area contributed by atoms with Crippen molar-refractivity contribution in [1.29, 1.82) is 0 Å². The molecule has 1 aromatic heterocycles. The van der Waals surface area contributed by atoms with Crippen LogP contribution in [-0.4, -0.2) is 33.7 Å². The summed E-state index contributed by atoms with van der Waals surface area (Å²) in [5.74, 6) is 0.226. The van der Waals surface area contributed by atoms with E-state index < -0.39 is 0 Å². The molecule has 2 heterocycles. The quantitative estimate of drug-likeness (QED) is 0.638. The second-order valence-electron chi connectivity index (χ2n) is 3.80. The Balaban J connectivity index is 2.35. The van der Waals surface area contributed by atoms with Crippen LogP contribution >= 0.6 is 0 Å². The van der Waals surface area contributed by atoms with Gasteiger partial charge in [-0.3, -0.25) is 4.79 Å². The van der Waals surface area contributed by atoms with Crippen molar-refractivity contribution < 1.29 is 9.37 Å². The third-order valence-corrected chi connectivity index (χ3v) is 2.70. The van der Waals surface area contributed by atoms with Gasteiger partial charge in [0, 0.05) is 20.0 Å². The highest BCUT2D eigenvalue weighted by Crippen LogP contribution is 2.08. The lowest BCUT2D eigenvalue weighted by atomic mass is 10.2. The lowest BCUT2D eigenvalue weighted by molar-refractivity contribution is -0.520. The molecule has 0 spiro atoms. The Kier molecular flexibility index (Phi) is 2.23. The lowest BCUT2D eigenvalue weighted by Crippen LogP contribution is -2.33. The summed E-state index contributed by atoms with van der Waals surface area (Å²) >= 11 is 0. The molecule has 1 aromatic rings. The van der Waals surface area contributed by atoms with Crippen molar-refractivity contribution in [1.82, 2.24) is 4.57 Å². The van der Waals surface area contributed by atoms with Crippen LogP contribution in [0.25, 0.3) is 0 Å². The Morgan fingerprint density at radius 2 is 2.43 bits per heavy atom. The van der Waals surface area contributed by atoms with Crippen LogP contribution in [0.5, 0.6) is 0 Å². The minimum absolute atomic E-state index is 0.226. The molecular weight excluding hydrogens is 176 g/mol. The van der Waals surface area contributed by atoms with E-state index in [0.717, 1.165) is 13.1 Å². The molecule has 0 N–H and O–H groups in total. The van der Waals surface area contributed by atoms with E-state index in [1.54, 1.807) is 6.92 Å². The van der Waals surface area contributed by atoms with Crippen LogP contribution in [0.3, 0.4) is 0 Å². The number of fused-ring (bicyclic) bond motifs is 1. The summed E-state index contributed by atoms with van der Waals surface area (Å²) in [6.07, 6.45) is 2.09. The second kappa shape index (κ2) is 3.40. The van der Waals surface area contributed by atoms with Gasteiger partial charge in [-0.25, -0.2) is 4.58 Å². The van der Waals surface area contributed by atoms with E-state index in [0.29, 0.717) is 6.54 Å². The first-order chi connectivity index (χ1) is 6.68. The van der Waals surface area contributed by atoms with Gasteiger partial charge in [0.25, 0.3) is 0 Å². The molecule has 74 valence electrons. The third-order valence-electron chi connectivity index (χ3n) is 2.70. The van der Waals surface area contributed by atoms with Gasteiger partial charge in [-0.1, -0.05) is 0 Å². The first-order valence-corrected chi connectivity index (χ1v) is 4.92. The van der Waals surface area contributed by atoms with Crippen molar-refractivity contribution in [3.05, 3.63) is 24.0 Å². The fourth-order valence-electron chi connectivity index (χ4n) is 1.96. The number of nitrogens with zero attached hydrogens (tertiary/aromatic N) is 2. The predicted molar refractivity (Wildman–Crippen MR) is 54.9 cm³/mol. The first kappa shape index (κ1) is 9.19. The number of ketones is 1. The van der Waals surface area contributed by atoms with Gasteiger partial charge >= 0.3 is 0 Å². The average Bonchev–Trinajstić information content (AvgIpc) is 2.57. The van der Waals surface area contributed by atoms with Gasteiger partial charge in [0.2, 0.25) is 6.54 Å². The standard InChI is InChI=1S/C11H15N2O/c1-9(14)8-13-7-6-12-5-3-4-11(12)10(13)2/h3-5H,6-8H2,1-2H3/q+1. The molecule has 0 bridgehead atoms. The summed E-state index contributed by atoms with van der Waals surface area (Å²) in [5.41, 5.74) is 2.44. The van der Waals surface area contributed by atoms with Gasteiger partial charge in [0.1, 0.15) is 5.69 Å². The maximum atomic E-state index is 11.0. The number of hydrogen-bond donors (Lipinski definition) is 0. The zero-order valence-electron chi connectivity index (χ0n) is 8.66. The molecule has 0 amide bonds. The summed E-state index contributed by atoms with van der Waals surface area (Å²) in [7, 11) is 0. The molecule has 0 saturated carbocycles. The van der Waals surface area contributed by atoms with Crippen molar-refractivity contribution in [2.24, 2.45) is 0 Å². The summed E-state index contributed by atoms with van der Waals surface area (Å²) in [4.78, 5) is 11.0. The highest BCUT2D eigenvalue weighted by atomic mass is 16.1. The maximum Gasteiger partial charge on any atom is 0.201 e. The molecule has 0 fully saturated rings. The molecular formula is C11H15N2O+. The van der Waals surface area contributed by atoms with Gasteiger partial charge < -0.3 is 4.57 Å². The van der Waals surface area contributed by atoms with E-state index in [9.17, 15) is 4.79 Å². The average molecular weight is 191 g/mol. The van der Waals surface area contributed by atoms with Gasteiger partial charge in [-0.15, -0.1) is 0 Å². The highest BCUT2D eigenvalue weighted by molar-refractivity contribution is 5.94. The Hall–Kier alpha value is -1.38. The van der Waals surface area contributed by atoms with Crippen LogP contribution in [0.15, 0.2) is 18.3 Å². The van der Waals surface area contributed by atoms with Crippen LogP contribution in [0.2, 0.25) is 0 Å². The van der Waals surface area contributed by atoms with Crippen LogP contribution in [-0.2, 0) is 11.3 Å². The molecule has 0 unspecified atom stereocenters. The summed E-state index contributed by atoms with van der Waals surface area (Å²) < 4.78 is 4.38. The first-order valence-electron chi connectivity index (χ1n) is 4.92. The lowest BCUT2D eigenvalue weighted by Gasteiger charge is -2.15. The normalized spacial score (nSPS) is 15.6. The molecule has 0 radical (unpaired) electrons. The van der Waals surface area contributed by atoms with Gasteiger partial charge in [0.15, 0.2) is 18.0 Å². The Labute approximate surface area is 83.7 Å². The molecule has 1 aliphatic rings. The fourth-order valence-corrected chi connectivity index (χ4v) is 1.96. The van der Waals surface area contributed by atoms with E-state index >= 15 is 0 Å². The molecule has 1 aliphatic heterocycles. The molecule has 3 heteroatoms. The Morgan fingerprint density at radius 1 is 1.64 bits per heavy atom. The summed E-state index contributed by atoms with van der Waals surface area (Å²) in [6, 6.07) is 4.15. The Bertz CT molecular complexity index is 401. The van der Waals surface area contributed by atoms with Crippen molar-refractivity contribution in [3.8, 4) is 0 Å². The van der Waals surface area contributed by atoms with Crippen molar-refractivity contribution >= 4 is 11.5 Å². The minimum atomic E-state index is 0.226. The van der Waals surface area contributed by atoms with Crippen molar-refractivity contribution in [2.45, 2.75) is 20.4 Å². The van der Waals surface area contributed by atoms with Crippen molar-refractivity contribution in [2.75, 3.05) is 13.1 Å². The maximum absolute atomic E-state index is 11.0. The molecule has 0 atom stereocenters. The number of Topliss-reactive ketones (excluding diaryl/α,β-unsaturated/α-hetero) is 1. The second-order valence-corrected chi connectivity index (χ2v) is 3.80. The minimum Gasteiger partial charge on any atom is -0.337 e. The predicted octanol–water partition coefficient (Wildman–Crippen LogP) is 0.912. The van der Waals surface area contributed by atoms with Crippen LogP contribution in [0, 0.1) is 0 Å². The summed E-state index contributed by atoms with van der Waals surface area (Å²) in [6.45, 7) is 6.17. The number of aromatic nitrogens is 1. The van der Waals surface area contributed by atoms with Crippen LogP contribution in [0.4, 0.5) is 0 Å². The zero-order valence-corrected chi connectivity index (χ0v) is 8.66.